The van der Waals surface area contributed by atoms with Crippen LogP contribution in [0.2, 0.25) is 0 Å². The van der Waals surface area contributed by atoms with Crippen LogP contribution in [0, 0.1) is 6.92 Å². The molecule has 0 fully saturated rings. The first kappa shape index (κ1) is 18.5. The Hall–Kier alpha value is -2.91. The van der Waals surface area contributed by atoms with E-state index in [4.69, 9.17) is 0 Å². The molecule has 3 aromatic carbocycles. The molecule has 0 aliphatic heterocycles. The Balaban J connectivity index is 1.70. The van der Waals surface area contributed by atoms with Crippen LogP contribution in [0.1, 0.15) is 16.7 Å². The number of hydrogen-bond acceptors (Lipinski definition) is 3. The zero-order valence-corrected chi connectivity index (χ0v) is 16.8. The second-order valence-electron chi connectivity index (χ2n) is 7.09. The van der Waals surface area contributed by atoms with Crippen LogP contribution in [0.25, 0.3) is 10.1 Å². The summed E-state index contributed by atoms with van der Waals surface area (Å²) in [7, 11) is 0. The van der Waals surface area contributed by atoms with Crippen molar-refractivity contribution in [3.63, 3.8) is 0 Å². The molecule has 0 N–H and O–H groups in total. The lowest BCUT2D eigenvalue weighted by Gasteiger charge is -2.24. The molecule has 1 aromatic heterocycles. The van der Waals surface area contributed by atoms with Crippen LogP contribution in [0.5, 0.6) is 0 Å². The average Bonchev–Trinajstić information content (AvgIpc) is 2.73. The van der Waals surface area contributed by atoms with E-state index >= 15 is 0 Å². The van der Waals surface area contributed by atoms with E-state index in [0.29, 0.717) is 0 Å². The maximum absolute atomic E-state index is 13.3. The van der Waals surface area contributed by atoms with Crippen LogP contribution < -0.4 is 10.3 Å². The molecule has 0 aliphatic rings. The Morgan fingerprint density at radius 1 is 0.857 bits per heavy atom. The zero-order valence-electron chi connectivity index (χ0n) is 16.0. The monoisotopic (exact) mass is 385 g/mol. The summed E-state index contributed by atoms with van der Waals surface area (Å²) in [5.41, 5.74) is 4.54. The average molecular weight is 386 g/mol. The van der Waals surface area contributed by atoms with Gasteiger partial charge in [0.1, 0.15) is 0 Å². The first-order valence-electron chi connectivity index (χ1n) is 9.56. The van der Waals surface area contributed by atoms with Gasteiger partial charge in [0.15, 0.2) is 0 Å². The third-order valence-electron chi connectivity index (χ3n) is 4.98. The largest absolute Gasteiger partial charge is 0.363 e. The molecule has 4 rings (SSSR count). The summed E-state index contributed by atoms with van der Waals surface area (Å²) in [5.74, 6) is 0. The summed E-state index contributed by atoms with van der Waals surface area (Å²) in [4.78, 5) is 15.5. The van der Waals surface area contributed by atoms with E-state index in [0.717, 1.165) is 40.8 Å². The molecule has 0 saturated heterocycles. The van der Waals surface area contributed by atoms with Crippen molar-refractivity contribution < 1.29 is 0 Å². The standard InChI is InChI=1S/C25H23NOS/c1-19-12-13-24-22(16-19)25(27)23(18-28-24)26(17-21-10-6-3-7-11-21)15-14-20-8-4-2-5-9-20/h2-13,16,18H,14-15,17H2,1H3. The molecule has 0 spiro atoms. The van der Waals surface area contributed by atoms with Crippen LogP contribution in [-0.4, -0.2) is 6.54 Å². The predicted octanol–water partition coefficient (Wildman–Crippen LogP) is 5.82. The number of rotatable bonds is 6. The van der Waals surface area contributed by atoms with Gasteiger partial charge in [0.05, 0.1) is 5.69 Å². The van der Waals surface area contributed by atoms with Crippen molar-refractivity contribution >= 4 is 27.1 Å². The Morgan fingerprint density at radius 3 is 2.25 bits per heavy atom. The lowest BCUT2D eigenvalue weighted by atomic mass is 10.1. The quantitative estimate of drug-likeness (QED) is 0.417. The molecule has 1 heterocycles. The Bertz CT molecular complexity index is 1120. The molecule has 0 saturated carbocycles. The normalized spacial score (nSPS) is 10.9. The third kappa shape index (κ3) is 4.15. The zero-order chi connectivity index (χ0) is 19.3. The van der Waals surface area contributed by atoms with Crippen LogP contribution in [0.3, 0.4) is 0 Å². The number of aryl methyl sites for hydroxylation is 1. The molecular weight excluding hydrogens is 362 g/mol. The van der Waals surface area contributed by atoms with E-state index in [9.17, 15) is 4.79 Å². The van der Waals surface area contributed by atoms with E-state index in [1.165, 1.54) is 11.1 Å². The number of benzene rings is 3. The van der Waals surface area contributed by atoms with Crippen molar-refractivity contribution in [2.75, 3.05) is 11.4 Å². The fraction of sp³-hybridized carbons (Fsp3) is 0.160. The molecule has 0 aliphatic carbocycles. The fourth-order valence-corrected chi connectivity index (χ4v) is 4.37. The van der Waals surface area contributed by atoms with Gasteiger partial charge in [-0.05, 0) is 36.6 Å². The Labute approximate surface area is 169 Å². The molecule has 0 atom stereocenters. The van der Waals surface area contributed by atoms with E-state index < -0.39 is 0 Å². The van der Waals surface area contributed by atoms with Crippen molar-refractivity contribution in [3.8, 4) is 0 Å². The Kier molecular flexibility index (Phi) is 5.54. The number of fused-ring (bicyclic) bond motifs is 1. The summed E-state index contributed by atoms with van der Waals surface area (Å²) in [6, 6.07) is 26.9. The van der Waals surface area contributed by atoms with Gasteiger partial charge in [-0.2, -0.15) is 0 Å². The molecule has 3 heteroatoms. The van der Waals surface area contributed by atoms with Crippen molar-refractivity contribution in [1.29, 1.82) is 0 Å². The summed E-state index contributed by atoms with van der Waals surface area (Å²) in [6.45, 7) is 3.57. The fourth-order valence-electron chi connectivity index (χ4n) is 3.45. The summed E-state index contributed by atoms with van der Waals surface area (Å²) in [5, 5.41) is 2.84. The highest BCUT2D eigenvalue weighted by atomic mass is 32.1. The Morgan fingerprint density at radius 2 is 1.54 bits per heavy atom. The van der Waals surface area contributed by atoms with Gasteiger partial charge in [-0.3, -0.25) is 4.79 Å². The first-order chi connectivity index (χ1) is 13.7. The van der Waals surface area contributed by atoms with Crippen LogP contribution in [0.15, 0.2) is 89.0 Å². The van der Waals surface area contributed by atoms with Gasteiger partial charge in [0.2, 0.25) is 5.43 Å². The summed E-state index contributed by atoms with van der Waals surface area (Å²) >= 11 is 1.65. The summed E-state index contributed by atoms with van der Waals surface area (Å²) in [6.07, 6.45) is 0.906. The van der Waals surface area contributed by atoms with Crippen LogP contribution >= 0.6 is 11.3 Å². The smallest absolute Gasteiger partial charge is 0.211 e. The SMILES string of the molecule is Cc1ccc2scc(N(CCc3ccccc3)Cc3ccccc3)c(=O)c2c1. The van der Waals surface area contributed by atoms with E-state index in [-0.39, 0.29) is 5.43 Å². The molecule has 0 radical (unpaired) electrons. The minimum atomic E-state index is 0.126. The van der Waals surface area contributed by atoms with Gasteiger partial charge in [-0.25, -0.2) is 0 Å². The first-order valence-corrected chi connectivity index (χ1v) is 10.4. The minimum Gasteiger partial charge on any atom is -0.363 e. The lowest BCUT2D eigenvalue weighted by molar-refractivity contribution is 0.781. The van der Waals surface area contributed by atoms with Crippen LogP contribution in [0.4, 0.5) is 5.69 Å². The third-order valence-corrected chi connectivity index (χ3v) is 5.93. The number of anilines is 1. The molecule has 2 nitrogen and oxygen atoms in total. The van der Waals surface area contributed by atoms with Crippen molar-refractivity contribution in [2.24, 2.45) is 0 Å². The second-order valence-corrected chi connectivity index (χ2v) is 8.00. The number of nitrogens with zero attached hydrogens (tertiary/aromatic N) is 1. The highest BCUT2D eigenvalue weighted by Gasteiger charge is 2.14. The lowest BCUT2D eigenvalue weighted by Crippen LogP contribution is -2.29. The van der Waals surface area contributed by atoms with Crippen molar-refractivity contribution in [1.82, 2.24) is 0 Å². The second kappa shape index (κ2) is 8.41. The van der Waals surface area contributed by atoms with Crippen molar-refractivity contribution in [2.45, 2.75) is 19.9 Å². The van der Waals surface area contributed by atoms with Gasteiger partial charge in [-0.1, -0.05) is 72.3 Å². The highest BCUT2D eigenvalue weighted by molar-refractivity contribution is 7.16. The van der Waals surface area contributed by atoms with Gasteiger partial charge in [0, 0.05) is 28.6 Å². The van der Waals surface area contributed by atoms with E-state index in [1.54, 1.807) is 11.3 Å². The van der Waals surface area contributed by atoms with Crippen molar-refractivity contribution in [3.05, 3.63) is 111 Å². The van der Waals surface area contributed by atoms with E-state index in [2.05, 4.69) is 59.5 Å². The molecule has 0 unspecified atom stereocenters. The topological polar surface area (TPSA) is 20.3 Å². The van der Waals surface area contributed by atoms with Crippen LogP contribution in [-0.2, 0) is 13.0 Å². The molecule has 0 amide bonds. The van der Waals surface area contributed by atoms with Gasteiger partial charge in [-0.15, -0.1) is 11.3 Å². The maximum atomic E-state index is 13.3. The molecule has 0 bridgehead atoms. The number of hydrogen-bond donors (Lipinski definition) is 0. The summed E-state index contributed by atoms with van der Waals surface area (Å²) < 4.78 is 1.04. The molecule has 140 valence electrons. The molecule has 4 aromatic rings. The van der Waals surface area contributed by atoms with Gasteiger partial charge in [0.25, 0.3) is 0 Å². The van der Waals surface area contributed by atoms with Gasteiger partial charge < -0.3 is 4.90 Å². The predicted molar refractivity (Wildman–Crippen MR) is 120 cm³/mol. The molecule has 28 heavy (non-hydrogen) atoms. The highest BCUT2D eigenvalue weighted by Crippen LogP contribution is 2.24. The van der Waals surface area contributed by atoms with E-state index in [1.807, 2.05) is 36.6 Å². The molecular formula is C25H23NOS. The minimum absolute atomic E-state index is 0.126. The maximum Gasteiger partial charge on any atom is 0.211 e. The van der Waals surface area contributed by atoms with Gasteiger partial charge >= 0.3 is 0 Å².